The van der Waals surface area contributed by atoms with Crippen LogP contribution >= 0.6 is 0 Å². The maximum Gasteiger partial charge on any atom is 0.239 e. The lowest BCUT2D eigenvalue weighted by molar-refractivity contribution is -0.120. The molecule has 0 radical (unpaired) electrons. The molecule has 0 aromatic carbocycles. The van der Waals surface area contributed by atoms with Gasteiger partial charge in [-0.3, -0.25) is 4.79 Å². The molecule has 0 fully saturated rings. The standard InChI is InChI=1S/C10H17N3O/c1-5-6-9(11-4)12-7-10(14)13-8(2)3/h5-6,8,12H,1,4,7H2,2-3H3,(H,13,14)/b9-6+. The van der Waals surface area contributed by atoms with Gasteiger partial charge < -0.3 is 10.6 Å². The molecule has 4 nitrogen and oxygen atoms in total. The lowest BCUT2D eigenvalue weighted by atomic mass is 10.4. The third kappa shape index (κ3) is 5.99. The van der Waals surface area contributed by atoms with E-state index in [4.69, 9.17) is 0 Å². The normalized spacial score (nSPS) is 10.9. The van der Waals surface area contributed by atoms with E-state index < -0.39 is 0 Å². The van der Waals surface area contributed by atoms with Crippen molar-refractivity contribution in [2.75, 3.05) is 6.54 Å². The van der Waals surface area contributed by atoms with Crippen molar-refractivity contribution in [3.05, 3.63) is 24.6 Å². The molecule has 0 rings (SSSR count). The van der Waals surface area contributed by atoms with Crippen LogP contribution in [-0.4, -0.2) is 25.2 Å². The molecule has 78 valence electrons. The van der Waals surface area contributed by atoms with Crippen molar-refractivity contribution >= 4 is 12.6 Å². The van der Waals surface area contributed by atoms with Gasteiger partial charge in [-0.25, -0.2) is 4.99 Å². The lowest BCUT2D eigenvalue weighted by Crippen LogP contribution is -2.37. The van der Waals surface area contributed by atoms with Crippen molar-refractivity contribution in [2.24, 2.45) is 4.99 Å². The van der Waals surface area contributed by atoms with Crippen LogP contribution in [0.1, 0.15) is 13.8 Å². The first-order valence-corrected chi connectivity index (χ1v) is 4.42. The molecule has 14 heavy (non-hydrogen) atoms. The molecule has 0 saturated carbocycles. The van der Waals surface area contributed by atoms with Crippen molar-refractivity contribution < 1.29 is 4.79 Å². The SMILES string of the molecule is C=C/C=C(\N=C)NCC(=O)NC(C)C. The average molecular weight is 195 g/mol. The minimum absolute atomic E-state index is 0.0707. The highest BCUT2D eigenvalue weighted by atomic mass is 16.1. The summed E-state index contributed by atoms with van der Waals surface area (Å²) in [6.45, 7) is 10.9. The Balaban J connectivity index is 3.91. The third-order valence-electron chi connectivity index (χ3n) is 1.33. The van der Waals surface area contributed by atoms with Crippen LogP contribution in [0.25, 0.3) is 0 Å². The van der Waals surface area contributed by atoms with E-state index in [2.05, 4.69) is 28.9 Å². The van der Waals surface area contributed by atoms with E-state index >= 15 is 0 Å². The smallest absolute Gasteiger partial charge is 0.239 e. The van der Waals surface area contributed by atoms with Crippen LogP contribution in [0.5, 0.6) is 0 Å². The number of rotatable bonds is 6. The fourth-order valence-corrected chi connectivity index (χ4v) is 0.823. The van der Waals surface area contributed by atoms with E-state index in [1.807, 2.05) is 13.8 Å². The molecule has 0 aromatic rings. The molecule has 0 unspecified atom stereocenters. The van der Waals surface area contributed by atoms with E-state index in [1.165, 1.54) is 0 Å². The van der Waals surface area contributed by atoms with Gasteiger partial charge in [-0.2, -0.15) is 0 Å². The summed E-state index contributed by atoms with van der Waals surface area (Å²) in [6.07, 6.45) is 3.23. The summed E-state index contributed by atoms with van der Waals surface area (Å²) in [5.41, 5.74) is 0. The number of amides is 1. The van der Waals surface area contributed by atoms with Gasteiger partial charge >= 0.3 is 0 Å². The van der Waals surface area contributed by atoms with Crippen LogP contribution in [0.15, 0.2) is 29.5 Å². The highest BCUT2D eigenvalue weighted by molar-refractivity contribution is 5.78. The van der Waals surface area contributed by atoms with E-state index in [-0.39, 0.29) is 18.5 Å². The second-order valence-corrected chi connectivity index (χ2v) is 3.02. The molecule has 4 heteroatoms. The summed E-state index contributed by atoms with van der Waals surface area (Å²) >= 11 is 0. The molecule has 0 saturated heterocycles. The number of hydrogen-bond acceptors (Lipinski definition) is 3. The fourth-order valence-electron chi connectivity index (χ4n) is 0.823. The molecule has 0 aromatic heterocycles. The van der Waals surface area contributed by atoms with Crippen molar-refractivity contribution in [3.63, 3.8) is 0 Å². The van der Waals surface area contributed by atoms with Gasteiger partial charge in [0.05, 0.1) is 6.54 Å². The van der Waals surface area contributed by atoms with E-state index in [0.717, 1.165) is 0 Å². The Labute approximate surface area is 84.8 Å². The van der Waals surface area contributed by atoms with Gasteiger partial charge in [-0.1, -0.05) is 12.7 Å². The first kappa shape index (κ1) is 12.4. The highest BCUT2D eigenvalue weighted by Crippen LogP contribution is 1.89. The van der Waals surface area contributed by atoms with Gasteiger partial charge in [0.1, 0.15) is 5.82 Å². The van der Waals surface area contributed by atoms with Crippen LogP contribution in [0.3, 0.4) is 0 Å². The number of nitrogens with zero attached hydrogens (tertiary/aromatic N) is 1. The Kier molecular flexibility index (Phi) is 6.11. The van der Waals surface area contributed by atoms with Crippen LogP contribution in [-0.2, 0) is 4.79 Å². The summed E-state index contributed by atoms with van der Waals surface area (Å²) < 4.78 is 0. The van der Waals surface area contributed by atoms with Gasteiger partial charge in [-0.05, 0) is 26.6 Å². The molecule has 1 amide bonds. The first-order chi connectivity index (χ1) is 6.60. The summed E-state index contributed by atoms with van der Waals surface area (Å²) in [5.74, 6) is 0.470. The minimum Gasteiger partial charge on any atom is -0.361 e. The molecular formula is C10H17N3O. The van der Waals surface area contributed by atoms with Crippen molar-refractivity contribution in [1.29, 1.82) is 0 Å². The molecule has 0 aliphatic rings. The maximum atomic E-state index is 11.2. The molecule has 0 bridgehead atoms. The Morgan fingerprint density at radius 3 is 2.64 bits per heavy atom. The molecule has 2 N–H and O–H groups in total. The zero-order valence-electron chi connectivity index (χ0n) is 8.71. The zero-order valence-corrected chi connectivity index (χ0v) is 8.71. The van der Waals surface area contributed by atoms with Gasteiger partial charge in [0.25, 0.3) is 0 Å². The zero-order chi connectivity index (χ0) is 11.0. The van der Waals surface area contributed by atoms with Crippen molar-refractivity contribution in [3.8, 4) is 0 Å². The lowest BCUT2D eigenvalue weighted by Gasteiger charge is -2.09. The fraction of sp³-hybridized carbons (Fsp3) is 0.400. The summed E-state index contributed by atoms with van der Waals surface area (Å²) in [6, 6.07) is 0.146. The Morgan fingerprint density at radius 1 is 1.57 bits per heavy atom. The first-order valence-electron chi connectivity index (χ1n) is 4.42. The quantitative estimate of drug-likeness (QED) is 0.487. The van der Waals surface area contributed by atoms with Gasteiger partial charge in [0.2, 0.25) is 5.91 Å². The maximum absolute atomic E-state index is 11.2. The number of hydrogen-bond donors (Lipinski definition) is 2. The third-order valence-corrected chi connectivity index (χ3v) is 1.33. The number of aliphatic imine (C=N–C) groups is 1. The topological polar surface area (TPSA) is 53.5 Å². The molecule has 0 aliphatic heterocycles. The van der Waals surface area contributed by atoms with Crippen molar-refractivity contribution in [1.82, 2.24) is 10.6 Å². The number of carbonyl (C=O) groups is 1. The average Bonchev–Trinajstić information content (AvgIpc) is 2.11. The summed E-state index contributed by atoms with van der Waals surface area (Å²) in [7, 11) is 0. The summed E-state index contributed by atoms with van der Waals surface area (Å²) in [4.78, 5) is 14.9. The van der Waals surface area contributed by atoms with E-state index in [1.54, 1.807) is 12.2 Å². The van der Waals surface area contributed by atoms with Gasteiger partial charge in [-0.15, -0.1) is 0 Å². The Morgan fingerprint density at radius 2 is 2.21 bits per heavy atom. The number of carbonyl (C=O) groups excluding carboxylic acids is 1. The Hall–Kier alpha value is -1.58. The van der Waals surface area contributed by atoms with Crippen molar-refractivity contribution in [2.45, 2.75) is 19.9 Å². The molecule has 0 atom stereocenters. The molecule has 0 spiro atoms. The van der Waals surface area contributed by atoms with E-state index in [0.29, 0.717) is 5.82 Å². The summed E-state index contributed by atoms with van der Waals surface area (Å²) in [5, 5.41) is 5.57. The van der Waals surface area contributed by atoms with Crippen LogP contribution in [0.2, 0.25) is 0 Å². The van der Waals surface area contributed by atoms with Crippen LogP contribution < -0.4 is 10.6 Å². The number of allylic oxidation sites excluding steroid dienone is 2. The number of nitrogens with one attached hydrogen (secondary N) is 2. The molecular weight excluding hydrogens is 178 g/mol. The Bertz CT molecular complexity index is 244. The predicted octanol–water partition coefficient (Wildman–Crippen LogP) is 0.829. The predicted molar refractivity (Wildman–Crippen MR) is 59.1 cm³/mol. The van der Waals surface area contributed by atoms with Gasteiger partial charge in [0.15, 0.2) is 0 Å². The monoisotopic (exact) mass is 195 g/mol. The second-order valence-electron chi connectivity index (χ2n) is 3.02. The van der Waals surface area contributed by atoms with Crippen LogP contribution in [0.4, 0.5) is 0 Å². The largest absolute Gasteiger partial charge is 0.361 e. The second kappa shape index (κ2) is 6.88. The minimum atomic E-state index is -0.0707. The highest BCUT2D eigenvalue weighted by Gasteiger charge is 2.02. The molecule has 0 aliphatic carbocycles. The van der Waals surface area contributed by atoms with Gasteiger partial charge in [0, 0.05) is 6.04 Å². The van der Waals surface area contributed by atoms with Crippen LogP contribution in [0, 0.1) is 0 Å². The molecule has 0 heterocycles. The van der Waals surface area contributed by atoms with E-state index in [9.17, 15) is 4.79 Å².